The number of piperidine rings is 1. The minimum absolute atomic E-state index is 0.253. The largest absolute Gasteiger partial charge is 0.350 e. The SMILES string of the molecule is CC[C@@H]1CCCCN1c1nn(-c2ccccc2F)nc1C#N. The fraction of sp³-hybridized carbons (Fsp3) is 0.438. The number of hydrogen-bond donors (Lipinski definition) is 0. The fourth-order valence-electron chi connectivity index (χ4n) is 2.99. The van der Waals surface area contributed by atoms with Crippen LogP contribution >= 0.6 is 0 Å². The van der Waals surface area contributed by atoms with Crippen LogP contribution in [0.3, 0.4) is 0 Å². The average Bonchev–Trinajstić information content (AvgIpc) is 2.99. The second kappa shape index (κ2) is 6.14. The summed E-state index contributed by atoms with van der Waals surface area (Å²) < 4.78 is 13.9. The van der Waals surface area contributed by atoms with Crippen molar-refractivity contribution in [3.05, 3.63) is 35.8 Å². The maximum Gasteiger partial charge on any atom is 0.207 e. The molecular weight excluding hydrogens is 281 g/mol. The van der Waals surface area contributed by atoms with Gasteiger partial charge in [-0.1, -0.05) is 19.1 Å². The van der Waals surface area contributed by atoms with E-state index < -0.39 is 5.82 Å². The number of para-hydroxylation sites is 1. The molecule has 0 amide bonds. The highest BCUT2D eigenvalue weighted by Gasteiger charge is 2.27. The van der Waals surface area contributed by atoms with E-state index in [0.717, 1.165) is 25.8 Å². The summed E-state index contributed by atoms with van der Waals surface area (Å²) >= 11 is 0. The van der Waals surface area contributed by atoms with Crippen LogP contribution in [0.1, 0.15) is 38.3 Å². The standard InChI is InChI=1S/C16H18FN5/c1-2-12-7-5-6-10-21(12)16-14(11-18)19-22(20-16)15-9-4-3-8-13(15)17/h3-4,8-9,12H,2,5-7,10H2,1H3/t12-/m1/s1. The Balaban J connectivity index is 2.02. The van der Waals surface area contributed by atoms with Gasteiger partial charge < -0.3 is 4.90 Å². The Morgan fingerprint density at radius 2 is 2.14 bits per heavy atom. The maximum atomic E-state index is 13.9. The van der Waals surface area contributed by atoms with Crippen LogP contribution in [0.5, 0.6) is 0 Å². The summed E-state index contributed by atoms with van der Waals surface area (Å²) in [5, 5.41) is 17.9. The van der Waals surface area contributed by atoms with Gasteiger partial charge in [0, 0.05) is 12.6 Å². The van der Waals surface area contributed by atoms with Crippen molar-refractivity contribution in [3.63, 3.8) is 0 Å². The van der Waals surface area contributed by atoms with Crippen molar-refractivity contribution in [2.45, 2.75) is 38.6 Å². The van der Waals surface area contributed by atoms with Gasteiger partial charge in [-0.2, -0.15) is 5.26 Å². The smallest absolute Gasteiger partial charge is 0.207 e. The number of benzene rings is 1. The van der Waals surface area contributed by atoms with Gasteiger partial charge in [0.05, 0.1) is 0 Å². The van der Waals surface area contributed by atoms with Crippen LogP contribution in [0.15, 0.2) is 24.3 Å². The molecule has 3 rings (SSSR count). The molecule has 1 aliphatic rings. The Morgan fingerprint density at radius 1 is 1.32 bits per heavy atom. The van der Waals surface area contributed by atoms with Gasteiger partial charge in [-0.3, -0.25) is 0 Å². The monoisotopic (exact) mass is 299 g/mol. The van der Waals surface area contributed by atoms with Crippen molar-refractivity contribution in [1.82, 2.24) is 15.0 Å². The summed E-state index contributed by atoms with van der Waals surface area (Å²) in [4.78, 5) is 3.37. The highest BCUT2D eigenvalue weighted by Crippen LogP contribution is 2.27. The molecule has 1 aromatic heterocycles. The van der Waals surface area contributed by atoms with Gasteiger partial charge in [-0.05, 0) is 37.8 Å². The second-order valence-electron chi connectivity index (χ2n) is 5.48. The zero-order valence-corrected chi connectivity index (χ0v) is 12.5. The molecule has 6 heteroatoms. The minimum atomic E-state index is -0.403. The van der Waals surface area contributed by atoms with E-state index in [1.54, 1.807) is 18.2 Å². The van der Waals surface area contributed by atoms with Crippen molar-refractivity contribution in [2.24, 2.45) is 0 Å². The number of hydrogen-bond acceptors (Lipinski definition) is 4. The number of halogens is 1. The quantitative estimate of drug-likeness (QED) is 0.874. The van der Waals surface area contributed by atoms with Crippen LogP contribution in [0.4, 0.5) is 10.2 Å². The summed E-state index contributed by atoms with van der Waals surface area (Å²) in [6.07, 6.45) is 4.36. The van der Waals surface area contributed by atoms with E-state index in [9.17, 15) is 9.65 Å². The first-order valence-electron chi connectivity index (χ1n) is 7.63. The molecule has 0 N–H and O–H groups in total. The summed E-state index contributed by atoms with van der Waals surface area (Å²) in [5.41, 5.74) is 0.513. The lowest BCUT2D eigenvalue weighted by atomic mass is 10.00. The van der Waals surface area contributed by atoms with E-state index in [1.165, 1.54) is 17.3 Å². The first-order chi connectivity index (χ1) is 10.7. The summed E-state index contributed by atoms with van der Waals surface area (Å²) in [6.45, 7) is 3.00. The number of aromatic nitrogens is 3. The Kier molecular flexibility index (Phi) is 4.05. The van der Waals surface area contributed by atoms with E-state index in [-0.39, 0.29) is 11.4 Å². The number of rotatable bonds is 3. The molecule has 1 aliphatic heterocycles. The summed E-state index contributed by atoms with van der Waals surface area (Å²) in [6, 6.07) is 8.76. The summed E-state index contributed by atoms with van der Waals surface area (Å²) in [7, 11) is 0. The molecule has 0 spiro atoms. The Morgan fingerprint density at radius 3 is 2.86 bits per heavy atom. The molecule has 0 saturated carbocycles. The third kappa shape index (κ3) is 2.54. The molecule has 0 unspecified atom stereocenters. The lowest BCUT2D eigenvalue weighted by molar-refractivity contribution is 0.445. The van der Waals surface area contributed by atoms with Gasteiger partial charge in [0.2, 0.25) is 5.69 Å². The minimum Gasteiger partial charge on any atom is -0.350 e. The molecule has 114 valence electrons. The van der Waals surface area contributed by atoms with Gasteiger partial charge in [0.1, 0.15) is 11.8 Å². The van der Waals surface area contributed by atoms with Gasteiger partial charge in [0.15, 0.2) is 11.6 Å². The first kappa shape index (κ1) is 14.5. The molecule has 1 aromatic carbocycles. The van der Waals surface area contributed by atoms with E-state index in [4.69, 9.17) is 0 Å². The lowest BCUT2D eigenvalue weighted by Gasteiger charge is -2.35. The number of nitrogens with zero attached hydrogens (tertiary/aromatic N) is 5. The van der Waals surface area contributed by atoms with Crippen molar-refractivity contribution in [3.8, 4) is 11.8 Å². The van der Waals surface area contributed by atoms with Crippen molar-refractivity contribution in [2.75, 3.05) is 11.4 Å². The zero-order chi connectivity index (χ0) is 15.5. The molecule has 1 saturated heterocycles. The maximum absolute atomic E-state index is 13.9. The van der Waals surface area contributed by atoms with Gasteiger partial charge in [0.25, 0.3) is 0 Å². The number of anilines is 1. The lowest BCUT2D eigenvalue weighted by Crippen LogP contribution is -2.39. The molecular formula is C16H18FN5. The van der Waals surface area contributed by atoms with Crippen molar-refractivity contribution < 1.29 is 4.39 Å². The molecule has 22 heavy (non-hydrogen) atoms. The third-order valence-electron chi connectivity index (χ3n) is 4.14. The predicted molar refractivity (Wildman–Crippen MR) is 81.3 cm³/mol. The van der Waals surface area contributed by atoms with E-state index in [0.29, 0.717) is 11.9 Å². The Hall–Kier alpha value is -2.42. The molecule has 1 fully saturated rings. The molecule has 5 nitrogen and oxygen atoms in total. The average molecular weight is 299 g/mol. The van der Waals surface area contributed by atoms with Gasteiger partial charge >= 0.3 is 0 Å². The molecule has 2 heterocycles. The van der Waals surface area contributed by atoms with E-state index in [1.807, 2.05) is 0 Å². The zero-order valence-electron chi connectivity index (χ0n) is 12.5. The van der Waals surface area contributed by atoms with Crippen molar-refractivity contribution in [1.29, 1.82) is 5.26 Å². The van der Waals surface area contributed by atoms with Crippen LogP contribution in [-0.2, 0) is 0 Å². The molecule has 0 bridgehead atoms. The van der Waals surface area contributed by atoms with Crippen LogP contribution in [0.25, 0.3) is 5.69 Å². The Labute approximate surface area is 129 Å². The molecule has 2 aromatic rings. The highest BCUT2D eigenvalue weighted by atomic mass is 19.1. The fourth-order valence-corrected chi connectivity index (χ4v) is 2.99. The second-order valence-corrected chi connectivity index (χ2v) is 5.48. The first-order valence-corrected chi connectivity index (χ1v) is 7.63. The van der Waals surface area contributed by atoms with Gasteiger partial charge in [-0.25, -0.2) is 4.39 Å². The molecule has 0 radical (unpaired) electrons. The van der Waals surface area contributed by atoms with Crippen LogP contribution in [0.2, 0.25) is 0 Å². The van der Waals surface area contributed by atoms with Crippen LogP contribution < -0.4 is 4.90 Å². The highest BCUT2D eigenvalue weighted by molar-refractivity contribution is 5.51. The third-order valence-corrected chi connectivity index (χ3v) is 4.14. The van der Waals surface area contributed by atoms with Gasteiger partial charge in [-0.15, -0.1) is 15.0 Å². The van der Waals surface area contributed by atoms with Crippen LogP contribution in [-0.4, -0.2) is 27.6 Å². The van der Waals surface area contributed by atoms with Crippen LogP contribution in [0, 0.1) is 17.1 Å². The Bertz CT molecular complexity index is 703. The molecule has 0 aliphatic carbocycles. The normalized spacial score (nSPS) is 18.2. The predicted octanol–water partition coefficient (Wildman–Crippen LogP) is 3.05. The van der Waals surface area contributed by atoms with Crippen molar-refractivity contribution >= 4 is 5.82 Å². The van der Waals surface area contributed by atoms with E-state index in [2.05, 4.69) is 28.1 Å². The van der Waals surface area contributed by atoms with E-state index >= 15 is 0 Å². The number of nitriles is 1. The topological polar surface area (TPSA) is 57.7 Å². The molecule has 1 atom stereocenters. The summed E-state index contributed by atoms with van der Waals surface area (Å²) in [5.74, 6) is 0.163.